The van der Waals surface area contributed by atoms with Crippen molar-refractivity contribution in [2.45, 2.75) is 12.5 Å². The average molecular weight is 384 g/mol. The summed E-state index contributed by atoms with van der Waals surface area (Å²) in [6.07, 6.45) is 0. The van der Waals surface area contributed by atoms with E-state index in [-0.39, 0.29) is 0 Å². The Labute approximate surface area is 131 Å². The molecule has 2 rings (SSSR count). The van der Waals surface area contributed by atoms with Crippen LogP contribution in [0.2, 0.25) is 0 Å². The first-order valence-electron chi connectivity index (χ1n) is 6.22. The molecule has 0 fully saturated rings. The summed E-state index contributed by atoms with van der Waals surface area (Å²) in [6.45, 7) is 1.39. The van der Waals surface area contributed by atoms with Crippen molar-refractivity contribution in [2.75, 3.05) is 11.9 Å². The summed E-state index contributed by atoms with van der Waals surface area (Å²) in [4.78, 5) is 0. The SMILES string of the molecule is BrCC(COCc1ccccc1)c1ccc(Br)cc1. The van der Waals surface area contributed by atoms with E-state index in [1.165, 1.54) is 11.1 Å². The standard InChI is InChI=1S/C16H16Br2O/c17-10-15(14-6-8-16(18)9-7-14)12-19-11-13-4-2-1-3-5-13/h1-9,15H,10-12H2. The van der Waals surface area contributed by atoms with Gasteiger partial charge in [-0.1, -0.05) is 74.3 Å². The first-order valence-corrected chi connectivity index (χ1v) is 8.14. The summed E-state index contributed by atoms with van der Waals surface area (Å²) in [6, 6.07) is 18.7. The first-order chi connectivity index (χ1) is 9.29. The second-order valence-corrected chi connectivity index (χ2v) is 5.97. The fourth-order valence-corrected chi connectivity index (χ4v) is 2.68. The molecule has 1 atom stereocenters. The molecule has 3 heteroatoms. The highest BCUT2D eigenvalue weighted by Crippen LogP contribution is 2.21. The Kier molecular flexibility index (Phi) is 6.08. The maximum atomic E-state index is 5.82. The van der Waals surface area contributed by atoms with Gasteiger partial charge in [-0.05, 0) is 23.3 Å². The smallest absolute Gasteiger partial charge is 0.0717 e. The summed E-state index contributed by atoms with van der Waals surface area (Å²) in [5.74, 6) is 0.386. The summed E-state index contributed by atoms with van der Waals surface area (Å²) in [5.41, 5.74) is 2.51. The molecule has 0 aromatic heterocycles. The van der Waals surface area contributed by atoms with Gasteiger partial charge in [-0.2, -0.15) is 0 Å². The predicted molar refractivity (Wildman–Crippen MR) is 86.8 cm³/mol. The number of alkyl halides is 1. The van der Waals surface area contributed by atoms with Gasteiger partial charge in [-0.3, -0.25) is 0 Å². The Bertz CT molecular complexity index is 482. The van der Waals surface area contributed by atoms with Gasteiger partial charge in [0.05, 0.1) is 13.2 Å². The van der Waals surface area contributed by atoms with Crippen molar-refractivity contribution in [1.82, 2.24) is 0 Å². The third kappa shape index (κ3) is 4.75. The molecule has 0 amide bonds. The van der Waals surface area contributed by atoms with Gasteiger partial charge in [0.1, 0.15) is 0 Å². The molecule has 0 bridgehead atoms. The van der Waals surface area contributed by atoms with Gasteiger partial charge in [0.2, 0.25) is 0 Å². The van der Waals surface area contributed by atoms with E-state index in [1.807, 2.05) is 18.2 Å². The lowest BCUT2D eigenvalue weighted by Gasteiger charge is -2.15. The number of hydrogen-bond acceptors (Lipinski definition) is 1. The van der Waals surface area contributed by atoms with Crippen molar-refractivity contribution < 1.29 is 4.74 Å². The molecule has 0 aliphatic rings. The molecule has 2 aromatic carbocycles. The van der Waals surface area contributed by atoms with Crippen molar-refractivity contribution in [3.8, 4) is 0 Å². The average Bonchev–Trinajstić information content (AvgIpc) is 2.46. The largest absolute Gasteiger partial charge is 0.376 e. The van der Waals surface area contributed by atoms with Crippen LogP contribution < -0.4 is 0 Å². The summed E-state index contributed by atoms with van der Waals surface area (Å²) < 4.78 is 6.92. The van der Waals surface area contributed by atoms with Crippen LogP contribution in [0, 0.1) is 0 Å². The van der Waals surface area contributed by atoms with Gasteiger partial charge in [0.15, 0.2) is 0 Å². The Morgan fingerprint density at radius 2 is 1.63 bits per heavy atom. The molecule has 100 valence electrons. The summed E-state index contributed by atoms with van der Waals surface area (Å²) >= 11 is 7.02. The van der Waals surface area contributed by atoms with Gasteiger partial charge >= 0.3 is 0 Å². The van der Waals surface area contributed by atoms with Crippen LogP contribution in [-0.4, -0.2) is 11.9 Å². The zero-order valence-corrected chi connectivity index (χ0v) is 13.7. The lowest BCUT2D eigenvalue weighted by Crippen LogP contribution is -2.09. The van der Waals surface area contributed by atoms with Gasteiger partial charge < -0.3 is 4.74 Å². The van der Waals surface area contributed by atoms with E-state index < -0.39 is 0 Å². The van der Waals surface area contributed by atoms with E-state index >= 15 is 0 Å². The highest BCUT2D eigenvalue weighted by Gasteiger charge is 2.10. The molecule has 0 aliphatic carbocycles. The highest BCUT2D eigenvalue weighted by molar-refractivity contribution is 9.10. The van der Waals surface area contributed by atoms with E-state index in [2.05, 4.69) is 68.3 Å². The van der Waals surface area contributed by atoms with Crippen LogP contribution in [0.4, 0.5) is 0 Å². The van der Waals surface area contributed by atoms with Crippen LogP contribution in [0.15, 0.2) is 59.1 Å². The zero-order chi connectivity index (χ0) is 13.5. The molecule has 19 heavy (non-hydrogen) atoms. The zero-order valence-electron chi connectivity index (χ0n) is 10.6. The normalized spacial score (nSPS) is 12.3. The molecule has 0 radical (unpaired) electrons. The van der Waals surface area contributed by atoms with Gasteiger partial charge in [0.25, 0.3) is 0 Å². The Morgan fingerprint density at radius 1 is 0.947 bits per heavy atom. The molecule has 0 aliphatic heterocycles. The third-order valence-corrected chi connectivity index (χ3v) is 4.27. The number of halogens is 2. The van der Waals surface area contributed by atoms with Gasteiger partial charge in [0, 0.05) is 15.7 Å². The van der Waals surface area contributed by atoms with E-state index in [0.717, 1.165) is 16.4 Å². The molecule has 2 aromatic rings. The maximum absolute atomic E-state index is 5.82. The molecular formula is C16H16Br2O. The van der Waals surface area contributed by atoms with E-state index in [1.54, 1.807) is 0 Å². The van der Waals surface area contributed by atoms with E-state index in [0.29, 0.717) is 12.5 Å². The topological polar surface area (TPSA) is 9.23 Å². The van der Waals surface area contributed by atoms with Gasteiger partial charge in [-0.25, -0.2) is 0 Å². The number of benzene rings is 2. The summed E-state index contributed by atoms with van der Waals surface area (Å²) in [7, 11) is 0. The minimum absolute atomic E-state index is 0.386. The van der Waals surface area contributed by atoms with Crippen LogP contribution in [0.25, 0.3) is 0 Å². The molecule has 0 saturated carbocycles. The quantitative estimate of drug-likeness (QED) is 0.627. The molecule has 0 heterocycles. The second kappa shape index (κ2) is 7.83. The Balaban J connectivity index is 1.87. The lowest BCUT2D eigenvalue weighted by atomic mass is 10.0. The molecule has 1 nitrogen and oxygen atoms in total. The van der Waals surface area contributed by atoms with E-state index in [9.17, 15) is 0 Å². The van der Waals surface area contributed by atoms with Crippen LogP contribution >= 0.6 is 31.9 Å². The van der Waals surface area contributed by atoms with Gasteiger partial charge in [-0.15, -0.1) is 0 Å². The van der Waals surface area contributed by atoms with Crippen molar-refractivity contribution in [1.29, 1.82) is 0 Å². The Hall–Kier alpha value is -0.640. The molecule has 0 spiro atoms. The van der Waals surface area contributed by atoms with Crippen molar-refractivity contribution in [3.05, 3.63) is 70.2 Å². The number of ether oxygens (including phenoxy) is 1. The molecule has 0 N–H and O–H groups in total. The summed E-state index contributed by atoms with van der Waals surface area (Å²) in [5, 5.41) is 0.906. The molecule has 0 saturated heterocycles. The Morgan fingerprint density at radius 3 is 2.26 bits per heavy atom. The monoisotopic (exact) mass is 382 g/mol. The minimum Gasteiger partial charge on any atom is -0.376 e. The fourth-order valence-electron chi connectivity index (χ4n) is 1.86. The van der Waals surface area contributed by atoms with E-state index in [4.69, 9.17) is 4.74 Å². The lowest BCUT2D eigenvalue weighted by molar-refractivity contribution is 0.111. The van der Waals surface area contributed by atoms with Crippen LogP contribution in [0.3, 0.4) is 0 Å². The predicted octanol–water partition coefficient (Wildman–Crippen LogP) is 5.14. The second-order valence-electron chi connectivity index (χ2n) is 4.40. The molecule has 1 unspecified atom stereocenters. The van der Waals surface area contributed by atoms with Crippen molar-refractivity contribution >= 4 is 31.9 Å². The number of rotatable bonds is 6. The first kappa shape index (κ1) is 14.8. The van der Waals surface area contributed by atoms with Crippen LogP contribution in [-0.2, 0) is 11.3 Å². The van der Waals surface area contributed by atoms with Crippen molar-refractivity contribution in [2.24, 2.45) is 0 Å². The van der Waals surface area contributed by atoms with Crippen molar-refractivity contribution in [3.63, 3.8) is 0 Å². The minimum atomic E-state index is 0.386. The van der Waals surface area contributed by atoms with Crippen LogP contribution in [0.5, 0.6) is 0 Å². The number of hydrogen-bond donors (Lipinski definition) is 0. The van der Waals surface area contributed by atoms with Crippen LogP contribution in [0.1, 0.15) is 17.0 Å². The fraction of sp³-hybridized carbons (Fsp3) is 0.250. The highest BCUT2D eigenvalue weighted by atomic mass is 79.9. The molecular weight excluding hydrogens is 368 g/mol. The maximum Gasteiger partial charge on any atom is 0.0717 e. The third-order valence-electron chi connectivity index (χ3n) is 2.96.